The van der Waals surface area contributed by atoms with Crippen LogP contribution in [0.4, 0.5) is 8.78 Å². The first-order valence-electron chi connectivity index (χ1n) is 10.2. The highest BCUT2D eigenvalue weighted by Crippen LogP contribution is 2.38. The van der Waals surface area contributed by atoms with Gasteiger partial charge in [0.1, 0.15) is 0 Å². The van der Waals surface area contributed by atoms with E-state index >= 15 is 0 Å². The zero-order chi connectivity index (χ0) is 20.4. The van der Waals surface area contributed by atoms with Crippen LogP contribution >= 0.6 is 0 Å². The molecular weight excluding hydrogens is 352 g/mol. The maximum atomic E-state index is 13.6. The van der Waals surface area contributed by atoms with Crippen molar-refractivity contribution < 1.29 is 18.4 Å². The van der Waals surface area contributed by atoms with Crippen molar-refractivity contribution in [2.45, 2.75) is 90.8 Å². The van der Waals surface area contributed by atoms with E-state index in [4.69, 9.17) is 0 Å². The second-order valence-electron chi connectivity index (χ2n) is 8.91. The number of rotatable bonds is 5. The molecule has 1 aliphatic heterocycles. The smallest absolute Gasteiger partial charge is 0.248 e. The highest BCUT2D eigenvalue weighted by atomic mass is 19.3. The number of nitrogens with one attached hydrogen (secondary N) is 1. The van der Waals surface area contributed by atoms with Crippen LogP contribution in [-0.4, -0.2) is 65.3 Å². The van der Waals surface area contributed by atoms with E-state index in [0.29, 0.717) is 38.9 Å². The van der Waals surface area contributed by atoms with E-state index in [1.165, 1.54) is 0 Å². The van der Waals surface area contributed by atoms with Crippen molar-refractivity contribution in [1.82, 2.24) is 15.1 Å². The third kappa shape index (κ3) is 5.18. The summed E-state index contributed by atoms with van der Waals surface area (Å²) in [5.41, 5.74) is -0.582. The maximum absolute atomic E-state index is 13.6. The van der Waals surface area contributed by atoms with Crippen LogP contribution in [-0.2, 0) is 9.59 Å². The number of halogens is 2. The van der Waals surface area contributed by atoms with Gasteiger partial charge in [-0.05, 0) is 33.1 Å². The van der Waals surface area contributed by atoms with Crippen molar-refractivity contribution in [2.75, 3.05) is 19.6 Å². The summed E-state index contributed by atoms with van der Waals surface area (Å²) in [6.45, 7) is 11.3. The summed E-state index contributed by atoms with van der Waals surface area (Å²) in [4.78, 5) is 29.4. The molecule has 156 valence electrons. The number of hydrogen-bond acceptors (Lipinski definition) is 3. The fourth-order valence-electron chi connectivity index (χ4n) is 4.19. The quantitative estimate of drug-likeness (QED) is 0.789. The number of likely N-dealkylation sites (N-methyl/N-ethyl adjacent to an activating group) is 1. The lowest BCUT2D eigenvalue weighted by Gasteiger charge is -2.43. The van der Waals surface area contributed by atoms with Crippen LogP contribution in [0.5, 0.6) is 0 Å². The van der Waals surface area contributed by atoms with Crippen molar-refractivity contribution in [2.24, 2.45) is 5.41 Å². The molecule has 2 amide bonds. The fourth-order valence-corrected chi connectivity index (χ4v) is 4.19. The van der Waals surface area contributed by atoms with Gasteiger partial charge in [0.2, 0.25) is 17.7 Å². The average molecular weight is 388 g/mol. The van der Waals surface area contributed by atoms with Gasteiger partial charge in [-0.3, -0.25) is 9.59 Å². The number of nitrogens with zero attached hydrogens (tertiary/aromatic N) is 2. The highest BCUT2D eigenvalue weighted by Gasteiger charge is 2.45. The van der Waals surface area contributed by atoms with Crippen LogP contribution in [0.2, 0.25) is 0 Å². The molecule has 7 heteroatoms. The third-order valence-electron chi connectivity index (χ3n) is 5.83. The lowest BCUT2D eigenvalue weighted by molar-refractivity contribution is -0.148. The minimum absolute atomic E-state index is 0.0135. The van der Waals surface area contributed by atoms with Crippen molar-refractivity contribution in [1.29, 1.82) is 0 Å². The van der Waals surface area contributed by atoms with E-state index in [1.807, 2.05) is 39.5 Å². The number of carbonyl (C=O) groups is 2. The largest absolute Gasteiger partial charge is 0.342 e. The summed E-state index contributed by atoms with van der Waals surface area (Å²) >= 11 is 0. The van der Waals surface area contributed by atoms with Gasteiger partial charge in [-0.2, -0.15) is 0 Å². The molecule has 2 rings (SSSR count). The minimum Gasteiger partial charge on any atom is -0.342 e. The Hall–Kier alpha value is -1.24. The van der Waals surface area contributed by atoms with E-state index in [9.17, 15) is 18.4 Å². The normalized spacial score (nSPS) is 26.0. The zero-order valence-electron chi connectivity index (χ0n) is 17.4. The van der Waals surface area contributed by atoms with Gasteiger partial charge in [-0.1, -0.05) is 20.8 Å². The molecular formula is C20H35F2N3O2. The van der Waals surface area contributed by atoms with Gasteiger partial charge in [0.05, 0.1) is 6.04 Å². The number of carbonyl (C=O) groups excluding carboxylic acids is 2. The van der Waals surface area contributed by atoms with Gasteiger partial charge in [0.15, 0.2) is 0 Å². The van der Waals surface area contributed by atoms with Crippen LogP contribution in [0.15, 0.2) is 0 Å². The summed E-state index contributed by atoms with van der Waals surface area (Å²) in [6, 6.07) is -0.612. The Balaban J connectivity index is 2.15. The molecule has 0 aromatic rings. The van der Waals surface area contributed by atoms with E-state index in [0.717, 1.165) is 0 Å². The van der Waals surface area contributed by atoms with E-state index < -0.39 is 11.3 Å². The molecule has 2 aliphatic rings. The van der Waals surface area contributed by atoms with Gasteiger partial charge < -0.3 is 15.1 Å². The second-order valence-corrected chi connectivity index (χ2v) is 8.91. The Morgan fingerprint density at radius 1 is 1.07 bits per heavy atom. The Bertz CT molecular complexity index is 534. The Kier molecular flexibility index (Phi) is 6.87. The fraction of sp³-hybridized carbons (Fsp3) is 0.900. The van der Waals surface area contributed by atoms with E-state index in [1.54, 1.807) is 4.90 Å². The van der Waals surface area contributed by atoms with Gasteiger partial charge in [0.25, 0.3) is 0 Å². The average Bonchev–Trinajstić information content (AvgIpc) is 3.06. The molecule has 27 heavy (non-hydrogen) atoms. The Labute approximate surface area is 161 Å². The monoisotopic (exact) mass is 387 g/mol. The van der Waals surface area contributed by atoms with Crippen LogP contribution in [0.3, 0.4) is 0 Å². The lowest BCUT2D eigenvalue weighted by atomic mass is 9.86. The lowest BCUT2D eigenvalue weighted by Crippen LogP contribution is -2.53. The van der Waals surface area contributed by atoms with Crippen molar-refractivity contribution in [3.05, 3.63) is 0 Å². The molecule has 0 spiro atoms. The molecule has 5 nitrogen and oxygen atoms in total. The highest BCUT2D eigenvalue weighted by molar-refractivity contribution is 5.84. The SMILES string of the molecule is CCN(CC)C(=O)[C@@H]1C[C@H](N(C(=O)C(C)(C)C)C2CCC(F)(F)CC2)CN1. The Morgan fingerprint density at radius 2 is 1.63 bits per heavy atom. The van der Waals surface area contributed by atoms with Crippen molar-refractivity contribution >= 4 is 11.8 Å². The van der Waals surface area contributed by atoms with Gasteiger partial charge in [-0.15, -0.1) is 0 Å². The third-order valence-corrected chi connectivity index (χ3v) is 5.83. The van der Waals surface area contributed by atoms with Gasteiger partial charge >= 0.3 is 0 Å². The topological polar surface area (TPSA) is 52.7 Å². The van der Waals surface area contributed by atoms with E-state index in [2.05, 4.69) is 5.32 Å². The first kappa shape index (κ1) is 22.1. The predicted octanol–water partition coefficient (Wildman–Crippen LogP) is 3.04. The summed E-state index contributed by atoms with van der Waals surface area (Å²) in [6.07, 6.45) is 0.838. The summed E-state index contributed by atoms with van der Waals surface area (Å²) in [7, 11) is 0. The molecule has 0 aromatic heterocycles. The summed E-state index contributed by atoms with van der Waals surface area (Å²) in [5, 5.41) is 3.26. The molecule has 1 heterocycles. The number of hydrogen-bond donors (Lipinski definition) is 1. The molecule has 1 N–H and O–H groups in total. The van der Waals surface area contributed by atoms with Crippen LogP contribution in [0.1, 0.15) is 66.7 Å². The van der Waals surface area contributed by atoms with Gasteiger partial charge in [0, 0.05) is 50.0 Å². The van der Waals surface area contributed by atoms with Crippen LogP contribution in [0, 0.1) is 5.41 Å². The van der Waals surface area contributed by atoms with Crippen molar-refractivity contribution in [3.63, 3.8) is 0 Å². The Morgan fingerprint density at radius 3 is 2.11 bits per heavy atom. The standard InChI is InChI=1S/C20H35F2N3O2/c1-6-24(7-2)17(26)16-12-15(13-23-16)25(18(27)19(3,4)5)14-8-10-20(21,22)11-9-14/h14-16,23H,6-13H2,1-5H3/t15-,16-/m0/s1. The molecule has 0 radical (unpaired) electrons. The predicted molar refractivity (Wildman–Crippen MR) is 102 cm³/mol. The molecule has 1 saturated carbocycles. The molecule has 0 unspecified atom stereocenters. The first-order valence-corrected chi connectivity index (χ1v) is 10.2. The maximum Gasteiger partial charge on any atom is 0.248 e. The zero-order valence-corrected chi connectivity index (χ0v) is 17.4. The van der Waals surface area contributed by atoms with Gasteiger partial charge in [-0.25, -0.2) is 8.78 Å². The van der Waals surface area contributed by atoms with Crippen LogP contribution < -0.4 is 5.32 Å². The number of amides is 2. The minimum atomic E-state index is -2.62. The summed E-state index contributed by atoms with van der Waals surface area (Å²) < 4.78 is 27.2. The summed E-state index contributed by atoms with van der Waals surface area (Å²) in [5.74, 6) is -2.58. The van der Waals surface area contributed by atoms with E-state index in [-0.39, 0.29) is 42.8 Å². The molecule has 2 fully saturated rings. The molecule has 1 aliphatic carbocycles. The van der Waals surface area contributed by atoms with Crippen LogP contribution in [0.25, 0.3) is 0 Å². The molecule has 2 atom stereocenters. The molecule has 0 bridgehead atoms. The van der Waals surface area contributed by atoms with Crippen molar-refractivity contribution in [3.8, 4) is 0 Å². The first-order chi connectivity index (χ1) is 12.5. The molecule has 1 saturated heterocycles. The second kappa shape index (κ2) is 8.41. The number of alkyl halides is 2. The molecule has 0 aromatic carbocycles.